The van der Waals surface area contributed by atoms with Crippen LogP contribution < -0.4 is 9.62 Å². The van der Waals surface area contributed by atoms with Gasteiger partial charge in [-0.3, -0.25) is 9.10 Å². The van der Waals surface area contributed by atoms with Gasteiger partial charge in [0.1, 0.15) is 5.82 Å². The highest BCUT2D eigenvalue weighted by Crippen LogP contribution is 2.22. The van der Waals surface area contributed by atoms with Gasteiger partial charge in [0.15, 0.2) is 6.10 Å². The molecule has 1 N–H and O–H groups in total. The molecule has 0 saturated carbocycles. The standard InChI is InChI=1S/C24H23FN2O5S/c1-17(23(28)26-16-18-11-13-20(25)14-12-18)32-24(29)19-7-6-10-22(15-19)33(30,31)27(2)21-8-4-3-5-9-21/h3-15,17H,16H2,1-2H3,(H,26,28). The van der Waals surface area contributed by atoms with Crippen molar-refractivity contribution in [1.29, 1.82) is 0 Å². The number of nitrogens with one attached hydrogen (secondary N) is 1. The summed E-state index contributed by atoms with van der Waals surface area (Å²) in [5, 5.41) is 2.60. The summed E-state index contributed by atoms with van der Waals surface area (Å²) >= 11 is 0. The minimum Gasteiger partial charge on any atom is -0.449 e. The summed E-state index contributed by atoms with van der Waals surface area (Å²) in [4.78, 5) is 24.7. The number of amides is 1. The SMILES string of the molecule is CC(OC(=O)c1cccc(S(=O)(=O)N(C)c2ccccc2)c1)C(=O)NCc1ccc(F)cc1. The number of nitrogens with zero attached hydrogens (tertiary/aromatic N) is 1. The molecule has 172 valence electrons. The molecule has 3 rings (SSSR count). The van der Waals surface area contributed by atoms with Crippen LogP contribution in [-0.2, 0) is 26.1 Å². The van der Waals surface area contributed by atoms with Crippen LogP contribution in [0.1, 0.15) is 22.8 Å². The van der Waals surface area contributed by atoms with E-state index >= 15 is 0 Å². The van der Waals surface area contributed by atoms with Crippen LogP contribution in [0.5, 0.6) is 0 Å². The van der Waals surface area contributed by atoms with Gasteiger partial charge in [-0.05, 0) is 55.0 Å². The van der Waals surface area contributed by atoms with E-state index in [0.29, 0.717) is 11.3 Å². The lowest BCUT2D eigenvalue weighted by atomic mass is 10.2. The normalized spacial score (nSPS) is 12.0. The van der Waals surface area contributed by atoms with Crippen LogP contribution in [0.2, 0.25) is 0 Å². The number of ether oxygens (including phenoxy) is 1. The number of esters is 1. The minimum absolute atomic E-state index is 0.00396. The number of hydrogen-bond donors (Lipinski definition) is 1. The van der Waals surface area contributed by atoms with Crippen LogP contribution in [0, 0.1) is 5.82 Å². The second-order valence-electron chi connectivity index (χ2n) is 7.23. The molecule has 3 aromatic carbocycles. The second-order valence-corrected chi connectivity index (χ2v) is 9.20. The lowest BCUT2D eigenvalue weighted by Gasteiger charge is -2.20. The zero-order valence-corrected chi connectivity index (χ0v) is 18.9. The van der Waals surface area contributed by atoms with Crippen molar-refractivity contribution < 1.29 is 27.1 Å². The lowest BCUT2D eigenvalue weighted by Crippen LogP contribution is -2.35. The molecule has 3 aromatic rings. The zero-order chi connectivity index (χ0) is 24.0. The fraction of sp³-hybridized carbons (Fsp3) is 0.167. The molecular formula is C24H23FN2O5S. The predicted octanol–water partition coefficient (Wildman–Crippen LogP) is 3.51. The molecule has 1 atom stereocenters. The number of sulfonamides is 1. The predicted molar refractivity (Wildman–Crippen MR) is 122 cm³/mol. The van der Waals surface area contributed by atoms with Crippen molar-refractivity contribution in [2.24, 2.45) is 0 Å². The molecular weight excluding hydrogens is 447 g/mol. The third kappa shape index (κ3) is 5.95. The maximum Gasteiger partial charge on any atom is 0.338 e. The molecule has 9 heteroatoms. The molecule has 0 saturated heterocycles. The lowest BCUT2D eigenvalue weighted by molar-refractivity contribution is -0.129. The average Bonchev–Trinajstić information content (AvgIpc) is 2.83. The summed E-state index contributed by atoms with van der Waals surface area (Å²) in [6, 6.07) is 19.6. The summed E-state index contributed by atoms with van der Waals surface area (Å²) in [5.41, 5.74) is 1.15. The number of hydrogen-bond acceptors (Lipinski definition) is 5. The number of halogens is 1. The molecule has 0 aliphatic heterocycles. The van der Waals surface area contributed by atoms with Gasteiger partial charge in [-0.1, -0.05) is 36.4 Å². The number of carbonyl (C=O) groups excluding carboxylic acids is 2. The van der Waals surface area contributed by atoms with E-state index in [9.17, 15) is 22.4 Å². The van der Waals surface area contributed by atoms with Crippen molar-refractivity contribution in [3.8, 4) is 0 Å². The van der Waals surface area contributed by atoms with Gasteiger partial charge in [0.2, 0.25) is 0 Å². The largest absolute Gasteiger partial charge is 0.449 e. The smallest absolute Gasteiger partial charge is 0.338 e. The Kier molecular flexibility index (Phi) is 7.44. The molecule has 7 nitrogen and oxygen atoms in total. The fourth-order valence-corrected chi connectivity index (χ4v) is 4.18. The molecule has 0 bridgehead atoms. The van der Waals surface area contributed by atoms with Gasteiger partial charge in [0.05, 0.1) is 16.1 Å². The Balaban J connectivity index is 1.66. The van der Waals surface area contributed by atoms with Crippen molar-refractivity contribution in [3.05, 3.63) is 95.8 Å². The first kappa shape index (κ1) is 23.9. The van der Waals surface area contributed by atoms with Gasteiger partial charge in [-0.15, -0.1) is 0 Å². The molecule has 0 heterocycles. The number of carbonyl (C=O) groups is 2. The number of rotatable bonds is 8. The van der Waals surface area contributed by atoms with Crippen molar-refractivity contribution in [2.75, 3.05) is 11.4 Å². The molecule has 0 fully saturated rings. The highest BCUT2D eigenvalue weighted by Gasteiger charge is 2.24. The Morgan fingerprint density at radius 3 is 2.33 bits per heavy atom. The van der Waals surface area contributed by atoms with E-state index in [1.807, 2.05) is 0 Å². The average molecular weight is 471 g/mol. The zero-order valence-electron chi connectivity index (χ0n) is 18.1. The number of benzene rings is 3. The first-order valence-electron chi connectivity index (χ1n) is 10.1. The maximum absolute atomic E-state index is 13.0. The quantitative estimate of drug-likeness (QED) is 0.509. The first-order chi connectivity index (χ1) is 15.7. The van der Waals surface area contributed by atoms with Gasteiger partial charge in [-0.25, -0.2) is 17.6 Å². The van der Waals surface area contributed by atoms with Crippen LogP contribution in [-0.4, -0.2) is 33.4 Å². The van der Waals surface area contributed by atoms with Crippen LogP contribution in [0.25, 0.3) is 0 Å². The fourth-order valence-electron chi connectivity index (χ4n) is 2.94. The Morgan fingerprint density at radius 2 is 1.67 bits per heavy atom. The highest BCUT2D eigenvalue weighted by molar-refractivity contribution is 7.92. The molecule has 0 spiro atoms. The second kappa shape index (κ2) is 10.3. The van der Waals surface area contributed by atoms with E-state index in [1.54, 1.807) is 30.3 Å². The summed E-state index contributed by atoms with van der Waals surface area (Å²) in [6.07, 6.45) is -1.12. The summed E-state index contributed by atoms with van der Waals surface area (Å²) < 4.78 is 45.2. The van der Waals surface area contributed by atoms with Crippen molar-refractivity contribution in [2.45, 2.75) is 24.5 Å². The van der Waals surface area contributed by atoms with Crippen LogP contribution >= 0.6 is 0 Å². The van der Waals surface area contributed by atoms with Crippen LogP contribution in [0.15, 0.2) is 83.8 Å². The van der Waals surface area contributed by atoms with E-state index in [2.05, 4.69) is 5.32 Å². The third-order valence-electron chi connectivity index (χ3n) is 4.88. The Bertz CT molecular complexity index is 1230. The van der Waals surface area contributed by atoms with Crippen LogP contribution in [0.4, 0.5) is 10.1 Å². The van der Waals surface area contributed by atoms with E-state index in [1.165, 1.54) is 62.5 Å². The van der Waals surface area contributed by atoms with Crippen molar-refractivity contribution >= 4 is 27.6 Å². The van der Waals surface area contributed by atoms with Gasteiger partial charge in [-0.2, -0.15) is 0 Å². The monoisotopic (exact) mass is 470 g/mol. The maximum atomic E-state index is 13.0. The third-order valence-corrected chi connectivity index (χ3v) is 6.66. The number of para-hydroxylation sites is 1. The molecule has 0 aromatic heterocycles. The Morgan fingerprint density at radius 1 is 1.00 bits per heavy atom. The van der Waals surface area contributed by atoms with Gasteiger partial charge < -0.3 is 10.1 Å². The topological polar surface area (TPSA) is 92.8 Å². The minimum atomic E-state index is -3.92. The molecule has 0 aliphatic carbocycles. The molecule has 1 unspecified atom stereocenters. The van der Waals surface area contributed by atoms with Gasteiger partial charge in [0.25, 0.3) is 15.9 Å². The van der Waals surface area contributed by atoms with Crippen LogP contribution in [0.3, 0.4) is 0 Å². The van der Waals surface area contributed by atoms with Gasteiger partial charge in [0, 0.05) is 13.6 Å². The molecule has 1 amide bonds. The highest BCUT2D eigenvalue weighted by atomic mass is 32.2. The van der Waals surface area contributed by atoms with Crippen molar-refractivity contribution in [1.82, 2.24) is 5.32 Å². The molecule has 33 heavy (non-hydrogen) atoms. The number of anilines is 1. The first-order valence-corrected chi connectivity index (χ1v) is 11.5. The van der Waals surface area contributed by atoms with Gasteiger partial charge >= 0.3 is 5.97 Å². The van der Waals surface area contributed by atoms with E-state index in [0.717, 1.165) is 4.31 Å². The Hall–Kier alpha value is -3.72. The summed E-state index contributed by atoms with van der Waals surface area (Å²) in [5.74, 6) is -1.76. The summed E-state index contributed by atoms with van der Waals surface area (Å²) in [6.45, 7) is 1.54. The van der Waals surface area contributed by atoms with E-state index < -0.39 is 28.0 Å². The summed E-state index contributed by atoms with van der Waals surface area (Å²) in [7, 11) is -2.50. The van der Waals surface area contributed by atoms with E-state index in [-0.39, 0.29) is 22.8 Å². The van der Waals surface area contributed by atoms with Crippen molar-refractivity contribution in [3.63, 3.8) is 0 Å². The molecule has 0 aliphatic rings. The molecule has 0 radical (unpaired) electrons. The Labute approximate surface area is 191 Å². The van der Waals surface area contributed by atoms with E-state index in [4.69, 9.17) is 4.74 Å².